The molecule has 0 aliphatic heterocycles. The van der Waals surface area contributed by atoms with Crippen molar-refractivity contribution in [3.63, 3.8) is 0 Å². The van der Waals surface area contributed by atoms with Gasteiger partial charge in [0.15, 0.2) is 0 Å². The summed E-state index contributed by atoms with van der Waals surface area (Å²) in [5.74, 6) is 1.52. The summed E-state index contributed by atoms with van der Waals surface area (Å²) in [7, 11) is 0. The molecule has 4 nitrogen and oxygen atoms in total. The molecule has 1 unspecified atom stereocenters. The molecule has 1 rings (SSSR count). The second-order valence-corrected chi connectivity index (χ2v) is 6.55. The van der Waals surface area contributed by atoms with Crippen molar-refractivity contribution in [1.82, 2.24) is 5.32 Å². The van der Waals surface area contributed by atoms with Crippen molar-refractivity contribution < 1.29 is 14.3 Å². The number of nitrogens with one attached hydrogen (secondary N) is 1. The van der Waals surface area contributed by atoms with Crippen LogP contribution in [0.25, 0.3) is 0 Å². The van der Waals surface area contributed by atoms with Crippen molar-refractivity contribution >= 4 is 34.7 Å². The van der Waals surface area contributed by atoms with Crippen molar-refractivity contribution in [3.8, 4) is 0 Å². The molecule has 1 amide bonds. The first-order chi connectivity index (χ1) is 10.2. The summed E-state index contributed by atoms with van der Waals surface area (Å²) >= 11 is 2.88. The Hall–Kier alpha value is -1.14. The fourth-order valence-corrected chi connectivity index (χ4v) is 2.77. The summed E-state index contributed by atoms with van der Waals surface area (Å²) in [6.07, 6.45) is 2.05. The van der Waals surface area contributed by atoms with E-state index in [2.05, 4.69) is 5.32 Å². The van der Waals surface area contributed by atoms with Crippen LogP contribution in [0.15, 0.2) is 30.3 Å². The van der Waals surface area contributed by atoms with Crippen LogP contribution in [0.4, 0.5) is 4.79 Å². The predicted molar refractivity (Wildman–Crippen MR) is 89.7 cm³/mol. The summed E-state index contributed by atoms with van der Waals surface area (Å²) in [4.78, 5) is 23.7. The van der Waals surface area contributed by atoms with Gasteiger partial charge in [0.1, 0.15) is 12.6 Å². The maximum Gasteiger partial charge on any atom is 0.408 e. The summed E-state index contributed by atoms with van der Waals surface area (Å²) in [5, 5.41) is 2.65. The Labute approximate surface area is 134 Å². The number of amides is 1. The number of hydrogen-bond donors (Lipinski definition) is 1. The van der Waals surface area contributed by atoms with Crippen molar-refractivity contribution in [1.29, 1.82) is 0 Å². The molecular weight excluding hydrogens is 306 g/mol. The molecule has 21 heavy (non-hydrogen) atoms. The fraction of sp³-hybridized carbons (Fsp3) is 0.467. The smallest absolute Gasteiger partial charge is 0.408 e. The van der Waals surface area contributed by atoms with Gasteiger partial charge in [-0.25, -0.2) is 4.79 Å². The van der Waals surface area contributed by atoms with Gasteiger partial charge >= 0.3 is 6.09 Å². The van der Waals surface area contributed by atoms with Gasteiger partial charge in [-0.3, -0.25) is 4.79 Å². The third-order valence-corrected chi connectivity index (χ3v) is 4.19. The van der Waals surface area contributed by atoms with Crippen LogP contribution in [-0.4, -0.2) is 35.0 Å². The highest BCUT2D eigenvalue weighted by Gasteiger charge is 2.20. The van der Waals surface area contributed by atoms with Gasteiger partial charge in [-0.1, -0.05) is 49.0 Å². The minimum atomic E-state index is -0.546. The van der Waals surface area contributed by atoms with Crippen molar-refractivity contribution in [2.75, 3.05) is 17.8 Å². The third kappa shape index (κ3) is 7.43. The van der Waals surface area contributed by atoms with Gasteiger partial charge < -0.3 is 10.1 Å². The standard InChI is InChI=1S/C15H21NO3S2/c1-3-21-14(17)13(9-10-20-2)16-15(18)19-11-12-7-5-4-6-8-12/h4-8,13H,3,9-11H2,1-2H3,(H,16,18). The lowest BCUT2D eigenvalue weighted by Crippen LogP contribution is -2.40. The molecule has 0 heterocycles. The Morgan fingerprint density at radius 1 is 1.29 bits per heavy atom. The van der Waals surface area contributed by atoms with E-state index in [0.29, 0.717) is 12.2 Å². The van der Waals surface area contributed by atoms with Gasteiger partial charge in [-0.2, -0.15) is 11.8 Å². The van der Waals surface area contributed by atoms with Gasteiger partial charge in [-0.05, 0) is 29.7 Å². The van der Waals surface area contributed by atoms with E-state index in [1.54, 1.807) is 11.8 Å². The number of benzene rings is 1. The summed E-state index contributed by atoms with van der Waals surface area (Å²) in [6, 6.07) is 8.97. The van der Waals surface area contributed by atoms with E-state index in [-0.39, 0.29) is 11.7 Å². The third-order valence-electron chi connectivity index (χ3n) is 2.69. The van der Waals surface area contributed by atoms with Crippen LogP contribution in [0.5, 0.6) is 0 Å². The predicted octanol–water partition coefficient (Wildman–Crippen LogP) is 3.31. The van der Waals surface area contributed by atoms with E-state index in [9.17, 15) is 9.59 Å². The van der Waals surface area contributed by atoms with Crippen molar-refractivity contribution in [2.45, 2.75) is 26.0 Å². The molecule has 116 valence electrons. The normalized spacial score (nSPS) is 11.7. The molecule has 0 saturated carbocycles. The van der Waals surface area contributed by atoms with E-state index in [0.717, 1.165) is 11.3 Å². The quantitative estimate of drug-likeness (QED) is 0.794. The van der Waals surface area contributed by atoms with Crippen LogP contribution in [0.1, 0.15) is 18.9 Å². The lowest BCUT2D eigenvalue weighted by molar-refractivity contribution is -0.112. The van der Waals surface area contributed by atoms with E-state index >= 15 is 0 Å². The van der Waals surface area contributed by atoms with Crippen LogP contribution in [0.2, 0.25) is 0 Å². The lowest BCUT2D eigenvalue weighted by atomic mass is 10.2. The first kappa shape index (κ1) is 17.9. The van der Waals surface area contributed by atoms with Gasteiger partial charge in [0, 0.05) is 0 Å². The number of hydrogen-bond acceptors (Lipinski definition) is 5. The molecule has 0 radical (unpaired) electrons. The minimum Gasteiger partial charge on any atom is -0.445 e. The maximum atomic E-state index is 11.9. The zero-order valence-electron chi connectivity index (χ0n) is 12.3. The molecule has 1 aromatic rings. The molecule has 0 spiro atoms. The van der Waals surface area contributed by atoms with Crippen LogP contribution < -0.4 is 5.32 Å². The Morgan fingerprint density at radius 3 is 2.62 bits per heavy atom. The fourth-order valence-electron chi connectivity index (χ4n) is 1.63. The maximum absolute atomic E-state index is 11.9. The van der Waals surface area contributed by atoms with Crippen LogP contribution >= 0.6 is 23.5 Å². The first-order valence-electron chi connectivity index (χ1n) is 6.80. The molecule has 0 aromatic heterocycles. The summed E-state index contributed by atoms with van der Waals surface area (Å²) in [6.45, 7) is 2.12. The lowest BCUT2D eigenvalue weighted by Gasteiger charge is -2.16. The highest BCUT2D eigenvalue weighted by atomic mass is 32.2. The average molecular weight is 327 g/mol. The monoisotopic (exact) mass is 327 g/mol. The Balaban J connectivity index is 2.45. The van der Waals surface area contributed by atoms with E-state index in [1.165, 1.54) is 11.8 Å². The second-order valence-electron chi connectivity index (χ2n) is 4.29. The molecule has 0 aliphatic rings. The summed E-state index contributed by atoms with van der Waals surface area (Å²) in [5.41, 5.74) is 0.919. The topological polar surface area (TPSA) is 55.4 Å². The number of carbonyl (C=O) groups is 2. The van der Waals surface area contributed by atoms with Crippen LogP contribution in [0.3, 0.4) is 0 Å². The minimum absolute atomic E-state index is 0.0109. The Kier molecular flexibility index (Phi) is 9.01. The summed E-state index contributed by atoms with van der Waals surface area (Å²) < 4.78 is 5.15. The van der Waals surface area contributed by atoms with E-state index < -0.39 is 12.1 Å². The molecule has 0 saturated heterocycles. The molecule has 6 heteroatoms. The SMILES string of the molecule is CCSC(=O)C(CCSC)NC(=O)OCc1ccccc1. The van der Waals surface area contributed by atoms with Crippen LogP contribution in [0, 0.1) is 0 Å². The van der Waals surface area contributed by atoms with Gasteiger partial charge in [-0.15, -0.1) is 0 Å². The average Bonchev–Trinajstić information content (AvgIpc) is 2.50. The number of ether oxygens (including phenoxy) is 1. The van der Waals surface area contributed by atoms with Gasteiger partial charge in [0.25, 0.3) is 0 Å². The Bertz CT molecular complexity index is 440. The molecular formula is C15H21NO3S2. The zero-order chi connectivity index (χ0) is 15.5. The van der Waals surface area contributed by atoms with Gasteiger partial charge in [0.2, 0.25) is 5.12 Å². The molecule has 1 atom stereocenters. The van der Waals surface area contributed by atoms with E-state index in [1.807, 2.05) is 43.5 Å². The second kappa shape index (κ2) is 10.6. The molecule has 1 aromatic carbocycles. The largest absolute Gasteiger partial charge is 0.445 e. The number of alkyl carbamates (subject to hydrolysis) is 1. The van der Waals surface area contributed by atoms with Crippen molar-refractivity contribution in [3.05, 3.63) is 35.9 Å². The number of thioether (sulfide) groups is 2. The van der Waals surface area contributed by atoms with Gasteiger partial charge in [0.05, 0.1) is 0 Å². The molecule has 0 bridgehead atoms. The highest BCUT2D eigenvalue weighted by molar-refractivity contribution is 8.13. The van der Waals surface area contributed by atoms with Crippen molar-refractivity contribution in [2.24, 2.45) is 0 Å². The molecule has 1 N–H and O–H groups in total. The van der Waals surface area contributed by atoms with E-state index in [4.69, 9.17) is 4.74 Å². The zero-order valence-corrected chi connectivity index (χ0v) is 14.0. The molecule has 0 fully saturated rings. The Morgan fingerprint density at radius 2 is 2.00 bits per heavy atom. The number of rotatable bonds is 8. The molecule has 0 aliphatic carbocycles. The number of carbonyl (C=O) groups excluding carboxylic acids is 2. The highest BCUT2D eigenvalue weighted by Crippen LogP contribution is 2.11. The van der Waals surface area contributed by atoms with Crippen LogP contribution in [-0.2, 0) is 16.1 Å². The first-order valence-corrected chi connectivity index (χ1v) is 9.18.